The summed E-state index contributed by atoms with van der Waals surface area (Å²) in [4.78, 5) is 44.7. The van der Waals surface area contributed by atoms with Crippen LogP contribution in [0.2, 0.25) is 0 Å². The van der Waals surface area contributed by atoms with Crippen LogP contribution in [0.25, 0.3) is 0 Å². The summed E-state index contributed by atoms with van der Waals surface area (Å²) in [7, 11) is -4.50. The lowest BCUT2D eigenvalue weighted by Crippen LogP contribution is -2.34. The van der Waals surface area contributed by atoms with E-state index in [1.165, 1.54) is 0 Å². The molecule has 2 heterocycles. The quantitative estimate of drug-likeness (QED) is 0.340. The molecule has 0 radical (unpaired) electrons. The van der Waals surface area contributed by atoms with Crippen molar-refractivity contribution in [2.45, 2.75) is 37.8 Å². The number of aromatic amines is 1. The molecule has 5 atom stereocenters. The molecule has 2 rings (SSSR count). The number of halogens is 1. The summed E-state index contributed by atoms with van der Waals surface area (Å²) in [6.07, 6.45) is -3.06. The average Bonchev–Trinajstić information content (AvgIpc) is 2.89. The first-order valence-corrected chi connectivity index (χ1v) is 8.90. The van der Waals surface area contributed by atoms with Gasteiger partial charge in [-0.05, 0) is 6.92 Å². The standard InChI is InChI=1S/C12H17FN3O9P/c1-5(11(19)20)15-26(22,23)24-4-8-7(17)2-9(25-8)16-3-6(13)10(18)14-12(16)21/h3,5,7-9,17H,2,4H2,1H3,(H,19,20)(H,14,18,21)(H2,15,22,23)/t5-,7-,8+,9+/m0/s1. The fraction of sp³-hybridized carbons (Fsp3) is 0.583. The van der Waals surface area contributed by atoms with E-state index in [0.29, 0.717) is 6.20 Å². The van der Waals surface area contributed by atoms with Gasteiger partial charge in [0.05, 0.1) is 18.9 Å². The Hall–Kier alpha value is -1.89. The number of ether oxygens (including phenoxy) is 1. The topological polar surface area (TPSA) is 180 Å². The van der Waals surface area contributed by atoms with E-state index in [1.807, 2.05) is 5.09 Å². The second-order valence-corrected chi connectivity index (χ2v) is 7.14. The Bertz CT molecular complexity index is 840. The molecule has 0 amide bonds. The molecular weight excluding hydrogens is 380 g/mol. The van der Waals surface area contributed by atoms with Gasteiger partial charge in [0, 0.05) is 6.42 Å². The molecule has 1 aliphatic heterocycles. The van der Waals surface area contributed by atoms with Gasteiger partial charge in [-0.3, -0.25) is 23.7 Å². The maximum absolute atomic E-state index is 13.3. The second-order valence-electron chi connectivity index (χ2n) is 5.58. The maximum atomic E-state index is 13.3. The molecule has 0 saturated carbocycles. The number of carboxylic acids is 1. The molecule has 14 heteroatoms. The molecule has 1 fully saturated rings. The number of aliphatic carboxylic acids is 1. The van der Waals surface area contributed by atoms with Crippen LogP contribution >= 0.6 is 7.75 Å². The third kappa shape index (κ3) is 4.84. The summed E-state index contributed by atoms with van der Waals surface area (Å²) in [5.74, 6) is -2.60. The van der Waals surface area contributed by atoms with Crippen molar-refractivity contribution in [2.75, 3.05) is 6.61 Å². The molecule has 0 aromatic carbocycles. The van der Waals surface area contributed by atoms with Crippen molar-refractivity contribution in [3.05, 3.63) is 32.9 Å². The highest BCUT2D eigenvalue weighted by Crippen LogP contribution is 2.39. The lowest BCUT2D eigenvalue weighted by Gasteiger charge is -2.20. The van der Waals surface area contributed by atoms with Crippen molar-refractivity contribution in [3.63, 3.8) is 0 Å². The summed E-state index contributed by atoms with van der Waals surface area (Å²) in [5, 5.41) is 20.5. The molecule has 0 spiro atoms. The molecule has 0 aliphatic carbocycles. The first-order chi connectivity index (χ1) is 12.0. The SMILES string of the molecule is C[C@H](NP(=O)(O)OC[C@H]1O[C@@H](n2cc(F)c(=O)[nH]c2=O)C[C@@H]1O)C(=O)O. The molecule has 12 nitrogen and oxygen atoms in total. The highest BCUT2D eigenvalue weighted by atomic mass is 31.2. The molecule has 1 aromatic rings. The Kier molecular flexibility index (Phi) is 6.11. The highest BCUT2D eigenvalue weighted by molar-refractivity contribution is 7.50. The first-order valence-electron chi connectivity index (χ1n) is 7.32. The number of aliphatic hydroxyl groups is 1. The molecular formula is C12H17FN3O9P. The molecule has 1 aliphatic rings. The first kappa shape index (κ1) is 20.4. The predicted octanol–water partition coefficient (Wildman–Crippen LogP) is -1.50. The summed E-state index contributed by atoms with van der Waals surface area (Å²) in [5.41, 5.74) is -2.16. The van der Waals surface area contributed by atoms with Gasteiger partial charge < -0.3 is 19.8 Å². The summed E-state index contributed by atoms with van der Waals surface area (Å²) in [6, 6.07) is -1.37. The number of nitrogens with zero attached hydrogens (tertiary/aromatic N) is 1. The van der Waals surface area contributed by atoms with Crippen LogP contribution < -0.4 is 16.3 Å². The van der Waals surface area contributed by atoms with Gasteiger partial charge >= 0.3 is 19.4 Å². The third-order valence-electron chi connectivity index (χ3n) is 3.58. The smallest absolute Gasteiger partial charge is 0.403 e. The van der Waals surface area contributed by atoms with Gasteiger partial charge in [0.1, 0.15) is 18.4 Å². The number of nitrogens with one attached hydrogen (secondary N) is 2. The Labute approximate surface area is 144 Å². The van der Waals surface area contributed by atoms with Crippen LogP contribution in [0.15, 0.2) is 15.8 Å². The lowest BCUT2D eigenvalue weighted by atomic mass is 10.2. The van der Waals surface area contributed by atoms with Crippen LogP contribution in [-0.4, -0.2) is 55.5 Å². The van der Waals surface area contributed by atoms with E-state index in [2.05, 4.69) is 0 Å². The van der Waals surface area contributed by atoms with Gasteiger partial charge in [0.2, 0.25) is 5.82 Å². The van der Waals surface area contributed by atoms with Crippen molar-refractivity contribution in [2.24, 2.45) is 0 Å². The molecule has 26 heavy (non-hydrogen) atoms. The number of rotatable bonds is 7. The van der Waals surface area contributed by atoms with E-state index < -0.39 is 61.9 Å². The zero-order chi connectivity index (χ0) is 19.6. The van der Waals surface area contributed by atoms with Gasteiger partial charge in [0.25, 0.3) is 5.56 Å². The predicted molar refractivity (Wildman–Crippen MR) is 81.8 cm³/mol. The van der Waals surface area contributed by atoms with Crippen LogP contribution in [0.1, 0.15) is 19.6 Å². The van der Waals surface area contributed by atoms with E-state index in [-0.39, 0.29) is 6.42 Å². The van der Waals surface area contributed by atoms with Crippen LogP contribution in [-0.2, 0) is 18.6 Å². The van der Waals surface area contributed by atoms with Crippen molar-refractivity contribution in [1.82, 2.24) is 14.6 Å². The van der Waals surface area contributed by atoms with E-state index in [4.69, 9.17) is 14.4 Å². The number of carboxylic acid groups (broad SMARTS) is 1. The fourth-order valence-electron chi connectivity index (χ4n) is 2.22. The summed E-state index contributed by atoms with van der Waals surface area (Å²) in [6.45, 7) is 0.522. The van der Waals surface area contributed by atoms with Crippen molar-refractivity contribution in [3.8, 4) is 0 Å². The van der Waals surface area contributed by atoms with Crippen LogP contribution in [0.3, 0.4) is 0 Å². The van der Waals surface area contributed by atoms with Crippen LogP contribution in [0.4, 0.5) is 4.39 Å². The second kappa shape index (κ2) is 7.78. The van der Waals surface area contributed by atoms with E-state index >= 15 is 0 Å². The number of hydrogen-bond donors (Lipinski definition) is 5. The van der Waals surface area contributed by atoms with Crippen molar-refractivity contribution < 1.29 is 38.1 Å². The minimum absolute atomic E-state index is 0.173. The normalized spacial score (nSPS) is 26.4. The summed E-state index contributed by atoms with van der Waals surface area (Å²) < 4.78 is 35.8. The van der Waals surface area contributed by atoms with Gasteiger partial charge in [-0.2, -0.15) is 4.39 Å². The zero-order valence-corrected chi connectivity index (χ0v) is 14.3. The number of aliphatic hydroxyl groups excluding tert-OH is 1. The Balaban J connectivity index is 2.02. The Morgan fingerprint density at radius 3 is 2.88 bits per heavy atom. The van der Waals surface area contributed by atoms with Crippen LogP contribution in [0.5, 0.6) is 0 Å². The fourth-order valence-corrected chi connectivity index (χ4v) is 3.25. The molecule has 0 bridgehead atoms. The molecule has 5 N–H and O–H groups in total. The Morgan fingerprint density at radius 1 is 1.62 bits per heavy atom. The number of hydrogen-bond acceptors (Lipinski definition) is 7. The molecule has 1 aromatic heterocycles. The van der Waals surface area contributed by atoms with E-state index in [1.54, 1.807) is 4.98 Å². The molecule has 1 unspecified atom stereocenters. The molecule has 1 saturated heterocycles. The van der Waals surface area contributed by atoms with E-state index in [0.717, 1.165) is 11.5 Å². The zero-order valence-electron chi connectivity index (χ0n) is 13.4. The lowest BCUT2D eigenvalue weighted by molar-refractivity contribution is -0.138. The monoisotopic (exact) mass is 397 g/mol. The third-order valence-corrected chi connectivity index (χ3v) is 4.79. The molecule has 146 valence electrons. The maximum Gasteiger partial charge on any atom is 0.403 e. The van der Waals surface area contributed by atoms with Gasteiger partial charge in [-0.1, -0.05) is 0 Å². The highest BCUT2D eigenvalue weighted by Gasteiger charge is 2.38. The largest absolute Gasteiger partial charge is 0.480 e. The number of H-pyrrole nitrogens is 1. The van der Waals surface area contributed by atoms with Crippen molar-refractivity contribution in [1.29, 1.82) is 0 Å². The average molecular weight is 397 g/mol. The minimum atomic E-state index is -4.50. The minimum Gasteiger partial charge on any atom is -0.480 e. The van der Waals surface area contributed by atoms with E-state index in [9.17, 15) is 33.3 Å². The number of carbonyl (C=O) groups is 1. The van der Waals surface area contributed by atoms with Gasteiger partial charge in [-0.15, -0.1) is 0 Å². The van der Waals surface area contributed by atoms with Gasteiger partial charge in [0.15, 0.2) is 0 Å². The Morgan fingerprint density at radius 2 is 2.27 bits per heavy atom. The van der Waals surface area contributed by atoms with Gasteiger partial charge in [-0.25, -0.2) is 14.4 Å². The van der Waals surface area contributed by atoms with Crippen LogP contribution in [0, 0.1) is 5.82 Å². The summed E-state index contributed by atoms with van der Waals surface area (Å²) >= 11 is 0. The number of aromatic nitrogens is 2. The van der Waals surface area contributed by atoms with Crippen molar-refractivity contribution >= 4 is 13.7 Å².